The Bertz CT molecular complexity index is 982. The zero-order valence-corrected chi connectivity index (χ0v) is 16.0. The summed E-state index contributed by atoms with van der Waals surface area (Å²) in [7, 11) is 0. The minimum atomic E-state index is -3.13. The normalized spacial score (nSPS) is 13.2. The van der Waals surface area contributed by atoms with Crippen molar-refractivity contribution in [3.8, 4) is 23.7 Å². The third-order valence-corrected chi connectivity index (χ3v) is 4.65. The second-order valence-corrected chi connectivity index (χ2v) is 7.05. The van der Waals surface area contributed by atoms with E-state index in [-0.39, 0.29) is 5.56 Å². The van der Waals surface area contributed by atoms with Crippen molar-refractivity contribution in [1.29, 1.82) is 0 Å². The summed E-state index contributed by atoms with van der Waals surface area (Å²) >= 11 is 1.50. The molecular weight excluding hydrogens is 400 g/mol. The predicted molar refractivity (Wildman–Crippen MR) is 104 cm³/mol. The molecule has 2 amide bonds. The fourth-order valence-corrected chi connectivity index (χ4v) is 2.73. The standard InChI is InChI=1S/C20H17F2N3O3S/c1-20(23,19(21)22)16(18(27)25-28)24-17(26)14-10-8-13(9-11-14)5-2-3-6-15-7-4-12-29-15/h4,7-12,16,19,28H,23H2,1H3,(H,24,26)(H,25,27)/t16-,20?/m1/s1. The molecular formula is C20H17F2N3O3S. The highest BCUT2D eigenvalue weighted by atomic mass is 32.1. The fourth-order valence-electron chi connectivity index (χ4n) is 2.16. The van der Waals surface area contributed by atoms with Gasteiger partial charge in [-0.25, -0.2) is 14.3 Å². The summed E-state index contributed by atoms with van der Waals surface area (Å²) in [6, 6.07) is 7.82. The number of hydroxylamine groups is 1. The van der Waals surface area contributed by atoms with Crippen LogP contribution in [0.3, 0.4) is 0 Å². The van der Waals surface area contributed by atoms with Crippen molar-refractivity contribution in [2.24, 2.45) is 5.73 Å². The van der Waals surface area contributed by atoms with Gasteiger partial charge in [0.2, 0.25) is 0 Å². The third kappa shape index (κ3) is 5.87. The Morgan fingerprint density at radius 1 is 1.17 bits per heavy atom. The smallest absolute Gasteiger partial charge is 0.268 e. The van der Waals surface area contributed by atoms with E-state index in [0.29, 0.717) is 5.56 Å². The Morgan fingerprint density at radius 2 is 1.83 bits per heavy atom. The van der Waals surface area contributed by atoms with Gasteiger partial charge in [-0.3, -0.25) is 14.8 Å². The van der Waals surface area contributed by atoms with E-state index in [1.165, 1.54) is 28.9 Å². The van der Waals surface area contributed by atoms with Gasteiger partial charge in [0, 0.05) is 11.1 Å². The van der Waals surface area contributed by atoms with Gasteiger partial charge >= 0.3 is 0 Å². The van der Waals surface area contributed by atoms with E-state index < -0.39 is 29.8 Å². The molecule has 1 heterocycles. The van der Waals surface area contributed by atoms with Crippen LogP contribution in [0.1, 0.15) is 27.7 Å². The van der Waals surface area contributed by atoms with E-state index in [4.69, 9.17) is 10.9 Å². The van der Waals surface area contributed by atoms with Crippen molar-refractivity contribution in [2.45, 2.75) is 24.9 Å². The van der Waals surface area contributed by atoms with Crippen LogP contribution in [0, 0.1) is 23.7 Å². The molecule has 0 aliphatic rings. The van der Waals surface area contributed by atoms with Crippen molar-refractivity contribution >= 4 is 23.2 Å². The molecule has 0 aliphatic heterocycles. The first-order valence-corrected chi connectivity index (χ1v) is 9.11. The topological polar surface area (TPSA) is 104 Å². The summed E-state index contributed by atoms with van der Waals surface area (Å²) in [5.41, 5.74) is 4.99. The number of thiophene rings is 1. The highest BCUT2D eigenvalue weighted by Gasteiger charge is 2.44. The van der Waals surface area contributed by atoms with Crippen molar-refractivity contribution in [2.75, 3.05) is 0 Å². The van der Waals surface area contributed by atoms with Crippen LogP contribution < -0.4 is 16.5 Å². The lowest BCUT2D eigenvalue weighted by Gasteiger charge is -2.32. The lowest BCUT2D eigenvalue weighted by atomic mass is 9.92. The number of halogens is 2. The number of hydrogen-bond acceptors (Lipinski definition) is 5. The maximum absolute atomic E-state index is 13.1. The summed E-state index contributed by atoms with van der Waals surface area (Å²) in [6.45, 7) is 0.897. The van der Waals surface area contributed by atoms with E-state index in [0.717, 1.165) is 11.8 Å². The molecule has 1 unspecified atom stereocenters. The van der Waals surface area contributed by atoms with E-state index in [9.17, 15) is 18.4 Å². The van der Waals surface area contributed by atoms with E-state index in [1.54, 1.807) is 12.1 Å². The molecule has 2 atom stereocenters. The molecule has 0 saturated heterocycles. The van der Waals surface area contributed by atoms with Crippen LogP contribution in [0.2, 0.25) is 0 Å². The highest BCUT2D eigenvalue weighted by Crippen LogP contribution is 2.18. The van der Waals surface area contributed by atoms with Gasteiger partial charge in [0.1, 0.15) is 11.6 Å². The number of amides is 2. The third-order valence-electron chi connectivity index (χ3n) is 3.86. The Labute approximate surface area is 170 Å². The molecule has 0 bridgehead atoms. The first kappa shape index (κ1) is 22.1. The average molecular weight is 417 g/mol. The quantitative estimate of drug-likeness (QED) is 0.338. The lowest BCUT2D eigenvalue weighted by molar-refractivity contribution is -0.134. The molecule has 150 valence electrons. The molecule has 1 aromatic heterocycles. The predicted octanol–water partition coefficient (Wildman–Crippen LogP) is 1.74. The van der Waals surface area contributed by atoms with Crippen LogP contribution in [-0.4, -0.2) is 35.0 Å². The van der Waals surface area contributed by atoms with Gasteiger partial charge in [0.25, 0.3) is 18.2 Å². The van der Waals surface area contributed by atoms with Gasteiger partial charge in [-0.05, 0) is 60.4 Å². The largest absolute Gasteiger partial charge is 0.338 e. The van der Waals surface area contributed by atoms with Gasteiger partial charge in [-0.2, -0.15) is 0 Å². The Hall–Kier alpha value is -3.24. The molecule has 0 aliphatic carbocycles. The zero-order valence-electron chi connectivity index (χ0n) is 15.2. The van der Waals surface area contributed by atoms with Gasteiger partial charge in [0.05, 0.1) is 4.88 Å². The molecule has 0 radical (unpaired) electrons. The molecule has 6 nitrogen and oxygen atoms in total. The summed E-state index contributed by atoms with van der Waals surface area (Å²) in [5.74, 6) is 9.04. The van der Waals surface area contributed by atoms with Crippen LogP contribution >= 0.6 is 11.3 Å². The second kappa shape index (κ2) is 9.80. The van der Waals surface area contributed by atoms with Crippen molar-refractivity contribution in [3.05, 3.63) is 57.8 Å². The average Bonchev–Trinajstić information content (AvgIpc) is 3.22. The van der Waals surface area contributed by atoms with Crippen LogP contribution in [0.5, 0.6) is 0 Å². The number of benzene rings is 1. The number of nitrogens with one attached hydrogen (secondary N) is 2. The van der Waals surface area contributed by atoms with Crippen molar-refractivity contribution < 1.29 is 23.6 Å². The van der Waals surface area contributed by atoms with E-state index >= 15 is 0 Å². The summed E-state index contributed by atoms with van der Waals surface area (Å²) < 4.78 is 26.3. The number of carbonyl (C=O) groups excluding carboxylic acids is 2. The van der Waals surface area contributed by atoms with Crippen LogP contribution in [-0.2, 0) is 4.79 Å². The summed E-state index contributed by atoms with van der Waals surface area (Å²) in [6.07, 6.45) is -3.13. The maximum Gasteiger partial charge on any atom is 0.268 e. The zero-order chi connectivity index (χ0) is 21.4. The summed E-state index contributed by atoms with van der Waals surface area (Å²) in [5, 5.41) is 12.8. The molecule has 9 heteroatoms. The fraction of sp³-hybridized carbons (Fsp3) is 0.200. The van der Waals surface area contributed by atoms with Crippen LogP contribution in [0.4, 0.5) is 8.78 Å². The minimum absolute atomic E-state index is 0.0982. The Balaban J connectivity index is 2.10. The highest BCUT2D eigenvalue weighted by molar-refractivity contribution is 7.10. The first-order valence-electron chi connectivity index (χ1n) is 8.23. The molecule has 5 N–H and O–H groups in total. The number of alkyl halides is 2. The van der Waals surface area contributed by atoms with Gasteiger partial charge in [-0.15, -0.1) is 11.3 Å². The number of nitrogens with two attached hydrogens (primary N) is 1. The molecule has 0 saturated carbocycles. The van der Waals surface area contributed by atoms with Crippen LogP contribution in [0.25, 0.3) is 0 Å². The van der Waals surface area contributed by atoms with Crippen LogP contribution in [0.15, 0.2) is 41.8 Å². The molecule has 0 fully saturated rings. The molecule has 1 aromatic carbocycles. The van der Waals surface area contributed by atoms with Gasteiger partial charge < -0.3 is 11.1 Å². The molecule has 2 rings (SSSR count). The monoisotopic (exact) mass is 417 g/mol. The van der Waals surface area contributed by atoms with E-state index in [2.05, 4.69) is 29.0 Å². The second-order valence-electron chi connectivity index (χ2n) is 6.10. The lowest BCUT2D eigenvalue weighted by Crippen LogP contribution is -2.66. The first-order chi connectivity index (χ1) is 13.8. The van der Waals surface area contributed by atoms with Crippen molar-refractivity contribution in [3.63, 3.8) is 0 Å². The summed E-state index contributed by atoms with van der Waals surface area (Å²) in [4.78, 5) is 24.9. The Kier molecular flexibility index (Phi) is 7.46. The van der Waals surface area contributed by atoms with Gasteiger partial charge in [-0.1, -0.05) is 12.0 Å². The molecule has 29 heavy (non-hydrogen) atoms. The SMILES string of the molecule is CC(N)(C(F)F)[C@H](NC(=O)c1ccc(C#CC#Cc2cccs2)cc1)C(=O)NO. The molecule has 2 aromatic rings. The number of carbonyl (C=O) groups is 2. The Morgan fingerprint density at radius 3 is 2.38 bits per heavy atom. The molecule has 0 spiro atoms. The van der Waals surface area contributed by atoms with E-state index in [1.807, 2.05) is 17.5 Å². The number of hydrogen-bond donors (Lipinski definition) is 4. The minimum Gasteiger partial charge on any atom is -0.338 e. The maximum atomic E-state index is 13.1. The van der Waals surface area contributed by atoms with Crippen molar-refractivity contribution in [1.82, 2.24) is 10.8 Å². The number of rotatable bonds is 5. The van der Waals surface area contributed by atoms with Gasteiger partial charge in [0.15, 0.2) is 0 Å².